The Morgan fingerprint density at radius 2 is 1.72 bits per heavy atom. The van der Waals surface area contributed by atoms with Crippen LogP contribution in [0.2, 0.25) is 0 Å². The molecule has 1 atom stereocenters. The van der Waals surface area contributed by atoms with Crippen molar-refractivity contribution in [1.82, 2.24) is 15.5 Å². The van der Waals surface area contributed by atoms with E-state index in [1.165, 1.54) is 51.4 Å². The average Bonchev–Trinajstić information content (AvgIpc) is 3.33. The summed E-state index contributed by atoms with van der Waals surface area (Å²) in [5, 5.41) is 6.87. The van der Waals surface area contributed by atoms with Crippen molar-refractivity contribution in [3.05, 3.63) is 0 Å². The Balaban J connectivity index is 0.00000300. The molecule has 0 bridgehead atoms. The predicted octanol–water partition coefficient (Wildman–Crippen LogP) is 3.69. The van der Waals surface area contributed by atoms with Gasteiger partial charge in [0.15, 0.2) is 5.96 Å². The lowest BCUT2D eigenvalue weighted by atomic mass is 10.1. The highest BCUT2D eigenvalue weighted by Crippen LogP contribution is 2.27. The van der Waals surface area contributed by atoms with E-state index in [4.69, 9.17) is 9.73 Å². The van der Waals surface area contributed by atoms with Crippen molar-refractivity contribution in [3.63, 3.8) is 0 Å². The molecule has 1 heterocycles. The zero-order valence-corrected chi connectivity index (χ0v) is 20.5. The van der Waals surface area contributed by atoms with Gasteiger partial charge in [-0.1, -0.05) is 38.5 Å². The number of carbonyl (C=O) groups excluding carboxylic acids is 1. The van der Waals surface area contributed by atoms with Gasteiger partial charge >= 0.3 is 0 Å². The van der Waals surface area contributed by atoms with Crippen molar-refractivity contribution in [2.75, 3.05) is 32.8 Å². The van der Waals surface area contributed by atoms with Gasteiger partial charge in [-0.05, 0) is 39.0 Å². The minimum Gasteiger partial charge on any atom is -0.376 e. The van der Waals surface area contributed by atoms with Gasteiger partial charge in [-0.3, -0.25) is 9.79 Å². The first-order chi connectivity index (χ1) is 13.8. The maximum Gasteiger partial charge on any atom is 0.225 e. The number of aliphatic imine (C=N–C) groups is 1. The van der Waals surface area contributed by atoms with Gasteiger partial charge in [-0.25, -0.2) is 0 Å². The van der Waals surface area contributed by atoms with Crippen molar-refractivity contribution in [2.45, 2.75) is 89.7 Å². The first-order valence-electron chi connectivity index (χ1n) is 11.7. The molecule has 6 nitrogen and oxygen atoms in total. The van der Waals surface area contributed by atoms with Crippen LogP contribution in [0.1, 0.15) is 77.6 Å². The van der Waals surface area contributed by atoms with Crippen molar-refractivity contribution in [2.24, 2.45) is 10.9 Å². The summed E-state index contributed by atoms with van der Waals surface area (Å²) in [4.78, 5) is 19.4. The van der Waals surface area contributed by atoms with E-state index in [9.17, 15) is 4.79 Å². The van der Waals surface area contributed by atoms with Crippen LogP contribution in [0.5, 0.6) is 0 Å². The molecule has 1 amide bonds. The molecule has 0 aromatic heterocycles. The van der Waals surface area contributed by atoms with Gasteiger partial charge < -0.3 is 20.3 Å². The summed E-state index contributed by atoms with van der Waals surface area (Å²) < 4.78 is 6.05. The summed E-state index contributed by atoms with van der Waals surface area (Å²) in [6, 6.07) is 0.297. The highest BCUT2D eigenvalue weighted by Gasteiger charge is 2.32. The SMILES string of the molecule is CCNC(=NCCOC1CCCCCC1)NC1CCN(C(=O)C2CCCC2)C1.I. The number of amides is 1. The van der Waals surface area contributed by atoms with Gasteiger partial charge in [0, 0.05) is 31.6 Å². The number of halogens is 1. The van der Waals surface area contributed by atoms with Crippen molar-refractivity contribution >= 4 is 35.8 Å². The second-order valence-corrected chi connectivity index (χ2v) is 8.64. The lowest BCUT2D eigenvalue weighted by Crippen LogP contribution is -2.45. The van der Waals surface area contributed by atoms with E-state index in [0.717, 1.165) is 44.9 Å². The first-order valence-corrected chi connectivity index (χ1v) is 11.7. The summed E-state index contributed by atoms with van der Waals surface area (Å²) in [5.41, 5.74) is 0. The molecule has 3 fully saturated rings. The average molecular weight is 521 g/mol. The Hall–Kier alpha value is -0.570. The summed E-state index contributed by atoms with van der Waals surface area (Å²) in [7, 11) is 0. The Kier molecular flexibility index (Phi) is 11.6. The third-order valence-corrected chi connectivity index (χ3v) is 6.41. The summed E-state index contributed by atoms with van der Waals surface area (Å²) >= 11 is 0. The van der Waals surface area contributed by atoms with Crippen LogP contribution in [0.3, 0.4) is 0 Å². The van der Waals surface area contributed by atoms with Crippen molar-refractivity contribution < 1.29 is 9.53 Å². The van der Waals surface area contributed by atoms with Gasteiger partial charge in [0.05, 0.1) is 19.3 Å². The summed E-state index contributed by atoms with van der Waals surface area (Å²) in [6.45, 7) is 5.98. The highest BCUT2D eigenvalue weighted by atomic mass is 127. The summed E-state index contributed by atoms with van der Waals surface area (Å²) in [5.74, 6) is 1.51. The number of carbonyl (C=O) groups is 1. The highest BCUT2D eigenvalue weighted by molar-refractivity contribution is 14.0. The Labute approximate surface area is 194 Å². The fourth-order valence-corrected chi connectivity index (χ4v) is 4.81. The maximum absolute atomic E-state index is 12.6. The fraction of sp³-hybridized carbons (Fsp3) is 0.909. The Morgan fingerprint density at radius 1 is 1.03 bits per heavy atom. The normalized spacial score (nSPS) is 24.2. The second-order valence-electron chi connectivity index (χ2n) is 8.64. The Morgan fingerprint density at radius 3 is 2.41 bits per heavy atom. The van der Waals surface area contributed by atoms with E-state index >= 15 is 0 Å². The molecule has 0 aromatic rings. The van der Waals surface area contributed by atoms with Crippen LogP contribution in [-0.4, -0.2) is 61.7 Å². The van der Waals surface area contributed by atoms with Crippen molar-refractivity contribution in [1.29, 1.82) is 0 Å². The largest absolute Gasteiger partial charge is 0.376 e. The molecule has 29 heavy (non-hydrogen) atoms. The molecule has 1 unspecified atom stereocenters. The van der Waals surface area contributed by atoms with E-state index in [2.05, 4.69) is 22.5 Å². The molecule has 2 N–H and O–H groups in total. The van der Waals surface area contributed by atoms with Crippen molar-refractivity contribution in [3.8, 4) is 0 Å². The zero-order chi connectivity index (χ0) is 19.6. The molecule has 168 valence electrons. The molecule has 2 saturated carbocycles. The van der Waals surface area contributed by atoms with Crippen LogP contribution in [0.25, 0.3) is 0 Å². The van der Waals surface area contributed by atoms with Crippen LogP contribution >= 0.6 is 24.0 Å². The molecule has 1 saturated heterocycles. The molecule has 2 aliphatic carbocycles. The minimum absolute atomic E-state index is 0. The number of hydrogen-bond acceptors (Lipinski definition) is 3. The van der Waals surface area contributed by atoms with Crippen LogP contribution in [0, 0.1) is 5.92 Å². The van der Waals surface area contributed by atoms with Gasteiger partial charge in [0.25, 0.3) is 0 Å². The van der Waals surface area contributed by atoms with E-state index in [-0.39, 0.29) is 29.9 Å². The number of likely N-dealkylation sites (tertiary alicyclic amines) is 1. The van der Waals surface area contributed by atoms with Crippen LogP contribution in [0.4, 0.5) is 0 Å². The predicted molar refractivity (Wildman–Crippen MR) is 129 cm³/mol. The molecular weight excluding hydrogens is 479 g/mol. The molecule has 1 aliphatic heterocycles. The van der Waals surface area contributed by atoms with Crippen LogP contribution < -0.4 is 10.6 Å². The maximum atomic E-state index is 12.6. The van der Waals surface area contributed by atoms with E-state index in [1.807, 2.05) is 0 Å². The Bertz CT molecular complexity index is 503. The van der Waals surface area contributed by atoms with Gasteiger partial charge in [0.1, 0.15) is 0 Å². The third kappa shape index (κ3) is 8.23. The number of guanidine groups is 1. The monoisotopic (exact) mass is 520 g/mol. The number of hydrogen-bond donors (Lipinski definition) is 2. The smallest absolute Gasteiger partial charge is 0.225 e. The lowest BCUT2D eigenvalue weighted by Gasteiger charge is -2.21. The number of rotatable bonds is 7. The number of nitrogens with zero attached hydrogens (tertiary/aromatic N) is 2. The van der Waals surface area contributed by atoms with Gasteiger partial charge in [-0.2, -0.15) is 0 Å². The summed E-state index contributed by atoms with van der Waals surface area (Å²) in [6.07, 6.45) is 13.7. The van der Waals surface area contributed by atoms with Gasteiger partial charge in [-0.15, -0.1) is 24.0 Å². The number of nitrogens with one attached hydrogen (secondary N) is 2. The fourth-order valence-electron chi connectivity index (χ4n) is 4.81. The molecule has 3 aliphatic rings. The van der Waals surface area contributed by atoms with E-state index < -0.39 is 0 Å². The molecule has 7 heteroatoms. The topological polar surface area (TPSA) is 66.0 Å². The molecule has 0 spiro atoms. The standard InChI is InChI=1S/C22H40N4O2.HI/c1-2-23-22(24-14-16-28-20-11-5-3-4-6-12-20)25-19-13-15-26(17-19)21(27)18-9-7-8-10-18;/h18-20H,2-17H2,1H3,(H2,23,24,25);1H. The molecule has 0 radical (unpaired) electrons. The van der Waals surface area contributed by atoms with E-state index in [0.29, 0.717) is 31.2 Å². The van der Waals surface area contributed by atoms with Crippen LogP contribution in [0.15, 0.2) is 4.99 Å². The minimum atomic E-state index is 0. The number of ether oxygens (including phenoxy) is 1. The molecule has 0 aromatic carbocycles. The zero-order valence-electron chi connectivity index (χ0n) is 18.2. The van der Waals surface area contributed by atoms with Crippen LogP contribution in [-0.2, 0) is 9.53 Å². The van der Waals surface area contributed by atoms with Gasteiger partial charge in [0.2, 0.25) is 5.91 Å². The first kappa shape index (κ1) is 24.7. The quantitative estimate of drug-likeness (QED) is 0.177. The van der Waals surface area contributed by atoms with E-state index in [1.54, 1.807) is 0 Å². The third-order valence-electron chi connectivity index (χ3n) is 6.41. The lowest BCUT2D eigenvalue weighted by molar-refractivity contribution is -0.134. The molecular formula is C22H41IN4O2. The second kappa shape index (κ2) is 13.7. The molecule has 3 rings (SSSR count).